The van der Waals surface area contributed by atoms with Crippen molar-refractivity contribution in [3.8, 4) is 17.3 Å². The van der Waals surface area contributed by atoms with Crippen LogP contribution in [0.1, 0.15) is 0 Å². The van der Waals surface area contributed by atoms with Crippen LogP contribution >= 0.6 is 0 Å². The van der Waals surface area contributed by atoms with Gasteiger partial charge < -0.3 is 9.72 Å². The van der Waals surface area contributed by atoms with Crippen molar-refractivity contribution in [1.29, 1.82) is 0 Å². The van der Waals surface area contributed by atoms with Crippen molar-refractivity contribution in [2.75, 3.05) is 23.4 Å². The van der Waals surface area contributed by atoms with Crippen molar-refractivity contribution < 1.29 is 18.7 Å². The van der Waals surface area contributed by atoms with E-state index in [1.165, 1.54) is 23.1 Å². The Morgan fingerprint density at radius 1 is 1.30 bits per heavy atom. The minimum atomic E-state index is -0.496. The molecule has 3 heterocycles. The van der Waals surface area contributed by atoms with E-state index in [-0.39, 0.29) is 24.8 Å². The number of ether oxygens (including phenoxy) is 1. The Kier molecular flexibility index (Phi) is 4.21. The van der Waals surface area contributed by atoms with Gasteiger partial charge in [-0.15, -0.1) is 10.2 Å². The summed E-state index contributed by atoms with van der Waals surface area (Å²) in [7, 11) is 0. The Hall–Kier alpha value is -3.82. The van der Waals surface area contributed by atoms with Crippen LogP contribution in [0.25, 0.3) is 11.5 Å². The average molecular weight is 368 g/mol. The van der Waals surface area contributed by atoms with Gasteiger partial charge in [-0.05, 0) is 24.3 Å². The van der Waals surface area contributed by atoms with Crippen LogP contribution in [0.4, 0.5) is 16.0 Å². The van der Waals surface area contributed by atoms with Gasteiger partial charge in [0.1, 0.15) is 23.8 Å². The summed E-state index contributed by atoms with van der Waals surface area (Å²) in [5.41, 5.74) is 0.902. The molecule has 4 rings (SSSR count). The molecular weight excluding hydrogens is 355 g/mol. The van der Waals surface area contributed by atoms with Crippen molar-refractivity contribution in [1.82, 2.24) is 20.2 Å². The maximum atomic E-state index is 13.3. The second-order valence-corrected chi connectivity index (χ2v) is 5.67. The van der Waals surface area contributed by atoms with E-state index < -0.39 is 17.6 Å². The number of amides is 2. The third kappa shape index (κ3) is 3.45. The Morgan fingerprint density at radius 3 is 3.00 bits per heavy atom. The number of hydrogen-bond donors (Lipinski definition) is 2. The van der Waals surface area contributed by atoms with E-state index in [1.54, 1.807) is 24.4 Å². The smallest absolute Gasteiger partial charge is 0.265 e. The van der Waals surface area contributed by atoms with Gasteiger partial charge in [-0.3, -0.25) is 24.8 Å². The molecule has 2 aromatic heterocycles. The summed E-state index contributed by atoms with van der Waals surface area (Å²) >= 11 is 0. The SMILES string of the molecule is O=C(CN1C(=O)COc2cc(F)ccc21)Nc1nnc(-c2ccccn2)[nH]1. The highest BCUT2D eigenvalue weighted by Crippen LogP contribution is 2.32. The molecule has 0 radical (unpaired) electrons. The normalized spacial score (nSPS) is 13.1. The summed E-state index contributed by atoms with van der Waals surface area (Å²) in [5.74, 6) is -0.661. The van der Waals surface area contributed by atoms with Gasteiger partial charge in [-0.2, -0.15) is 0 Å². The molecule has 0 spiro atoms. The quantitative estimate of drug-likeness (QED) is 0.719. The number of fused-ring (bicyclic) bond motifs is 1. The largest absolute Gasteiger partial charge is 0.481 e. The monoisotopic (exact) mass is 368 g/mol. The Bertz CT molecular complexity index is 1010. The number of aromatic nitrogens is 4. The van der Waals surface area contributed by atoms with Crippen LogP contribution in [0.2, 0.25) is 0 Å². The fourth-order valence-corrected chi connectivity index (χ4v) is 2.60. The van der Waals surface area contributed by atoms with Crippen LogP contribution in [0.5, 0.6) is 5.75 Å². The molecule has 1 aromatic carbocycles. The van der Waals surface area contributed by atoms with Crippen molar-refractivity contribution in [3.63, 3.8) is 0 Å². The summed E-state index contributed by atoms with van der Waals surface area (Å²) in [6.45, 7) is -0.545. The summed E-state index contributed by atoms with van der Waals surface area (Å²) in [4.78, 5) is 32.6. The molecule has 2 amide bonds. The lowest BCUT2D eigenvalue weighted by atomic mass is 10.2. The van der Waals surface area contributed by atoms with Gasteiger partial charge in [0.25, 0.3) is 5.91 Å². The summed E-state index contributed by atoms with van der Waals surface area (Å²) < 4.78 is 18.5. The first-order valence-corrected chi connectivity index (χ1v) is 7.97. The average Bonchev–Trinajstić information content (AvgIpc) is 3.13. The zero-order chi connectivity index (χ0) is 18.8. The number of aromatic amines is 1. The van der Waals surface area contributed by atoms with Gasteiger partial charge in [0.15, 0.2) is 12.4 Å². The summed E-state index contributed by atoms with van der Waals surface area (Å²) in [6, 6.07) is 9.07. The number of pyridine rings is 1. The number of H-pyrrole nitrogens is 1. The molecule has 1 aliphatic heterocycles. The number of benzene rings is 1. The standard InChI is InChI=1S/C17H13FN6O3/c18-10-4-5-12-13(7-10)27-9-15(26)24(12)8-14(25)20-17-21-16(22-23-17)11-3-1-2-6-19-11/h1-7H,8-9H2,(H2,20,21,22,23,25). The van der Waals surface area contributed by atoms with Crippen LogP contribution in [0.3, 0.4) is 0 Å². The second kappa shape index (κ2) is 6.83. The fourth-order valence-electron chi connectivity index (χ4n) is 2.60. The number of carbonyl (C=O) groups is 2. The van der Waals surface area contributed by atoms with Gasteiger partial charge in [0.2, 0.25) is 11.9 Å². The maximum Gasteiger partial charge on any atom is 0.265 e. The van der Waals surface area contributed by atoms with Crippen molar-refractivity contribution in [2.45, 2.75) is 0 Å². The molecule has 3 aromatic rings. The second-order valence-electron chi connectivity index (χ2n) is 5.67. The lowest BCUT2D eigenvalue weighted by molar-refractivity contribution is -0.123. The molecule has 0 unspecified atom stereocenters. The molecule has 1 aliphatic rings. The molecule has 0 fully saturated rings. The number of rotatable bonds is 4. The third-order valence-electron chi connectivity index (χ3n) is 3.82. The zero-order valence-electron chi connectivity index (χ0n) is 13.8. The highest BCUT2D eigenvalue weighted by Gasteiger charge is 2.28. The molecule has 0 saturated carbocycles. The van der Waals surface area contributed by atoms with Crippen LogP contribution in [0, 0.1) is 5.82 Å². The van der Waals surface area contributed by atoms with E-state index in [2.05, 4.69) is 25.5 Å². The lowest BCUT2D eigenvalue weighted by Gasteiger charge is -2.28. The van der Waals surface area contributed by atoms with Crippen LogP contribution in [-0.2, 0) is 9.59 Å². The van der Waals surface area contributed by atoms with Crippen LogP contribution in [-0.4, -0.2) is 45.1 Å². The van der Waals surface area contributed by atoms with Gasteiger partial charge in [0.05, 0.1) is 5.69 Å². The zero-order valence-corrected chi connectivity index (χ0v) is 13.8. The molecule has 9 nitrogen and oxygen atoms in total. The van der Waals surface area contributed by atoms with E-state index in [4.69, 9.17) is 4.74 Å². The van der Waals surface area contributed by atoms with E-state index in [0.717, 1.165) is 0 Å². The number of anilines is 2. The molecule has 0 bridgehead atoms. The van der Waals surface area contributed by atoms with Gasteiger partial charge in [0, 0.05) is 12.3 Å². The number of carbonyl (C=O) groups excluding carboxylic acids is 2. The predicted octanol–water partition coefficient (Wildman–Crippen LogP) is 1.37. The Morgan fingerprint density at radius 2 is 2.19 bits per heavy atom. The fraction of sp³-hybridized carbons (Fsp3) is 0.118. The number of hydrogen-bond acceptors (Lipinski definition) is 6. The number of halogens is 1. The maximum absolute atomic E-state index is 13.3. The van der Waals surface area contributed by atoms with Crippen molar-refractivity contribution in [2.24, 2.45) is 0 Å². The highest BCUT2D eigenvalue weighted by molar-refractivity contribution is 6.04. The van der Waals surface area contributed by atoms with E-state index in [0.29, 0.717) is 17.2 Å². The van der Waals surface area contributed by atoms with E-state index in [1.807, 2.05) is 0 Å². The topological polar surface area (TPSA) is 113 Å². The molecule has 2 N–H and O–H groups in total. The van der Waals surface area contributed by atoms with E-state index in [9.17, 15) is 14.0 Å². The molecule has 10 heteroatoms. The molecule has 27 heavy (non-hydrogen) atoms. The van der Waals surface area contributed by atoms with Crippen LogP contribution < -0.4 is 15.0 Å². The third-order valence-corrected chi connectivity index (χ3v) is 3.82. The van der Waals surface area contributed by atoms with Crippen molar-refractivity contribution in [3.05, 3.63) is 48.4 Å². The predicted molar refractivity (Wildman–Crippen MR) is 92.5 cm³/mol. The van der Waals surface area contributed by atoms with Crippen molar-refractivity contribution >= 4 is 23.5 Å². The first kappa shape index (κ1) is 16.6. The van der Waals surface area contributed by atoms with Gasteiger partial charge in [-0.25, -0.2) is 4.39 Å². The lowest BCUT2D eigenvalue weighted by Crippen LogP contribution is -2.43. The Balaban J connectivity index is 1.47. The Labute approximate surface area is 152 Å². The first-order valence-electron chi connectivity index (χ1n) is 7.97. The highest BCUT2D eigenvalue weighted by atomic mass is 19.1. The van der Waals surface area contributed by atoms with Crippen LogP contribution in [0.15, 0.2) is 42.6 Å². The van der Waals surface area contributed by atoms with Gasteiger partial charge in [-0.1, -0.05) is 6.07 Å². The minimum absolute atomic E-state index is 0.126. The molecular formula is C17H13FN6O3. The minimum Gasteiger partial charge on any atom is -0.481 e. The number of nitrogens with zero attached hydrogens (tertiary/aromatic N) is 4. The number of nitrogens with one attached hydrogen (secondary N) is 2. The summed E-state index contributed by atoms with van der Waals surface area (Å²) in [5, 5.41) is 10.3. The molecule has 0 aliphatic carbocycles. The molecule has 0 atom stereocenters. The molecule has 136 valence electrons. The molecule has 0 saturated heterocycles. The van der Waals surface area contributed by atoms with E-state index >= 15 is 0 Å². The van der Waals surface area contributed by atoms with Gasteiger partial charge >= 0.3 is 0 Å². The summed E-state index contributed by atoms with van der Waals surface area (Å²) in [6.07, 6.45) is 1.61. The first-order chi connectivity index (χ1) is 13.1.